The van der Waals surface area contributed by atoms with Crippen molar-refractivity contribution in [2.75, 3.05) is 7.05 Å². The van der Waals surface area contributed by atoms with Crippen molar-refractivity contribution < 1.29 is 0 Å². The minimum absolute atomic E-state index is 0.773. The van der Waals surface area contributed by atoms with E-state index in [2.05, 4.69) is 52.8 Å². The highest BCUT2D eigenvalue weighted by molar-refractivity contribution is 5.97. The van der Waals surface area contributed by atoms with Crippen LogP contribution in [0.4, 0.5) is 0 Å². The van der Waals surface area contributed by atoms with Crippen LogP contribution >= 0.6 is 0 Å². The van der Waals surface area contributed by atoms with Gasteiger partial charge in [-0.05, 0) is 20.0 Å². The van der Waals surface area contributed by atoms with Gasteiger partial charge < -0.3 is 10.3 Å². The van der Waals surface area contributed by atoms with E-state index in [1.807, 2.05) is 18.8 Å². The van der Waals surface area contributed by atoms with Crippen LogP contribution in [0.25, 0.3) is 22.0 Å². The van der Waals surface area contributed by atoms with Crippen molar-refractivity contribution in [3.05, 3.63) is 41.9 Å². The van der Waals surface area contributed by atoms with E-state index in [-0.39, 0.29) is 0 Å². The van der Waals surface area contributed by atoms with Gasteiger partial charge in [0, 0.05) is 47.5 Å². The Labute approximate surface area is 112 Å². The van der Waals surface area contributed by atoms with E-state index in [1.54, 1.807) is 0 Å². The molecule has 98 valence electrons. The van der Waals surface area contributed by atoms with E-state index in [0.717, 1.165) is 12.2 Å². The Hall–Kier alpha value is -2.07. The summed E-state index contributed by atoms with van der Waals surface area (Å²) in [7, 11) is 3.91. The number of aromatic amines is 1. The lowest BCUT2D eigenvalue weighted by Crippen LogP contribution is -2.07. The summed E-state index contributed by atoms with van der Waals surface area (Å²) in [6.07, 6.45) is 2.09. The standard InChI is InChI=1S/C15H18N4/c1-10-15(11-6-4-5-7-13(11)17-10)12-9-19(3)18-14(12)8-16-2/h4-7,9,16-17H,8H2,1-3H3. The number of benzene rings is 1. The SMILES string of the molecule is CNCc1nn(C)cc1-c1c(C)[nH]c2ccccc12. The van der Waals surface area contributed by atoms with Crippen molar-refractivity contribution in [1.82, 2.24) is 20.1 Å². The smallest absolute Gasteiger partial charge is 0.0841 e. The Kier molecular flexibility index (Phi) is 2.87. The summed E-state index contributed by atoms with van der Waals surface area (Å²) in [4.78, 5) is 3.45. The third-order valence-electron chi connectivity index (χ3n) is 3.41. The molecule has 0 aliphatic rings. The van der Waals surface area contributed by atoms with E-state index in [9.17, 15) is 0 Å². The van der Waals surface area contributed by atoms with Gasteiger partial charge >= 0.3 is 0 Å². The maximum Gasteiger partial charge on any atom is 0.0841 e. The van der Waals surface area contributed by atoms with Gasteiger partial charge in [0.1, 0.15) is 0 Å². The lowest BCUT2D eigenvalue weighted by atomic mass is 10.0. The largest absolute Gasteiger partial charge is 0.358 e. The number of rotatable bonds is 3. The van der Waals surface area contributed by atoms with Crippen LogP contribution in [-0.2, 0) is 13.6 Å². The van der Waals surface area contributed by atoms with Crippen LogP contribution in [-0.4, -0.2) is 21.8 Å². The average molecular weight is 254 g/mol. The highest BCUT2D eigenvalue weighted by Crippen LogP contribution is 2.33. The Morgan fingerprint density at radius 3 is 2.89 bits per heavy atom. The maximum absolute atomic E-state index is 4.54. The van der Waals surface area contributed by atoms with Gasteiger partial charge in [0.05, 0.1) is 5.69 Å². The van der Waals surface area contributed by atoms with Gasteiger partial charge in [-0.15, -0.1) is 0 Å². The van der Waals surface area contributed by atoms with Crippen LogP contribution in [0.5, 0.6) is 0 Å². The highest BCUT2D eigenvalue weighted by atomic mass is 15.3. The number of nitrogens with zero attached hydrogens (tertiary/aromatic N) is 2. The molecule has 0 saturated carbocycles. The van der Waals surface area contributed by atoms with Gasteiger partial charge in [-0.3, -0.25) is 4.68 Å². The number of aromatic nitrogens is 3. The molecule has 3 rings (SSSR count). The topological polar surface area (TPSA) is 45.6 Å². The molecule has 0 fully saturated rings. The van der Waals surface area contributed by atoms with Crippen molar-refractivity contribution >= 4 is 10.9 Å². The summed E-state index contributed by atoms with van der Waals surface area (Å²) < 4.78 is 1.88. The predicted octanol–water partition coefficient (Wildman–Crippen LogP) is 2.60. The average Bonchev–Trinajstić information content (AvgIpc) is 2.89. The number of hydrogen-bond acceptors (Lipinski definition) is 2. The summed E-state index contributed by atoms with van der Waals surface area (Å²) >= 11 is 0. The molecule has 1 aromatic carbocycles. The quantitative estimate of drug-likeness (QED) is 0.754. The zero-order valence-electron chi connectivity index (χ0n) is 11.5. The zero-order valence-corrected chi connectivity index (χ0v) is 11.5. The molecule has 4 nitrogen and oxygen atoms in total. The van der Waals surface area contributed by atoms with Crippen molar-refractivity contribution in [2.24, 2.45) is 7.05 Å². The molecular formula is C15H18N4. The van der Waals surface area contributed by atoms with Crippen molar-refractivity contribution in [1.29, 1.82) is 0 Å². The number of para-hydroxylation sites is 1. The first-order valence-electron chi connectivity index (χ1n) is 6.45. The molecule has 19 heavy (non-hydrogen) atoms. The molecule has 3 aromatic rings. The lowest BCUT2D eigenvalue weighted by molar-refractivity contribution is 0.712. The Morgan fingerprint density at radius 2 is 2.11 bits per heavy atom. The molecule has 2 heterocycles. The van der Waals surface area contributed by atoms with Crippen LogP contribution in [0.1, 0.15) is 11.4 Å². The van der Waals surface area contributed by atoms with E-state index < -0.39 is 0 Å². The molecule has 0 unspecified atom stereocenters. The first kappa shape index (κ1) is 12.0. The number of H-pyrrole nitrogens is 1. The van der Waals surface area contributed by atoms with Gasteiger partial charge in [-0.2, -0.15) is 5.10 Å². The van der Waals surface area contributed by atoms with E-state index in [0.29, 0.717) is 0 Å². The normalized spacial score (nSPS) is 11.3. The summed E-state index contributed by atoms with van der Waals surface area (Å²) in [6.45, 7) is 2.89. The first-order chi connectivity index (χ1) is 9.20. The second kappa shape index (κ2) is 4.55. The number of nitrogens with one attached hydrogen (secondary N) is 2. The van der Waals surface area contributed by atoms with Crippen LogP contribution < -0.4 is 5.32 Å². The van der Waals surface area contributed by atoms with Gasteiger partial charge in [-0.1, -0.05) is 18.2 Å². The number of aryl methyl sites for hydroxylation is 2. The molecule has 2 aromatic heterocycles. The molecule has 4 heteroatoms. The highest BCUT2D eigenvalue weighted by Gasteiger charge is 2.16. The summed E-state index contributed by atoms with van der Waals surface area (Å²) in [5.74, 6) is 0. The monoisotopic (exact) mass is 254 g/mol. The molecule has 0 radical (unpaired) electrons. The van der Waals surface area contributed by atoms with Gasteiger partial charge in [0.15, 0.2) is 0 Å². The van der Waals surface area contributed by atoms with Crippen LogP contribution in [0.3, 0.4) is 0 Å². The molecule has 0 bridgehead atoms. The van der Waals surface area contributed by atoms with Gasteiger partial charge in [0.2, 0.25) is 0 Å². The van der Waals surface area contributed by atoms with Crippen LogP contribution in [0.15, 0.2) is 30.5 Å². The molecule has 0 saturated heterocycles. The molecule has 0 aliphatic heterocycles. The number of fused-ring (bicyclic) bond motifs is 1. The molecule has 0 amide bonds. The van der Waals surface area contributed by atoms with E-state index in [4.69, 9.17) is 0 Å². The fourth-order valence-electron chi connectivity index (χ4n) is 2.67. The molecular weight excluding hydrogens is 236 g/mol. The molecule has 0 atom stereocenters. The minimum Gasteiger partial charge on any atom is -0.358 e. The van der Waals surface area contributed by atoms with Crippen molar-refractivity contribution in [3.63, 3.8) is 0 Å². The Morgan fingerprint density at radius 1 is 1.32 bits per heavy atom. The second-order valence-corrected chi connectivity index (χ2v) is 4.86. The first-order valence-corrected chi connectivity index (χ1v) is 6.45. The Bertz CT molecular complexity index is 721. The zero-order chi connectivity index (χ0) is 13.4. The van der Waals surface area contributed by atoms with E-state index >= 15 is 0 Å². The van der Waals surface area contributed by atoms with Crippen molar-refractivity contribution in [2.45, 2.75) is 13.5 Å². The van der Waals surface area contributed by atoms with Gasteiger partial charge in [-0.25, -0.2) is 0 Å². The van der Waals surface area contributed by atoms with Crippen LogP contribution in [0.2, 0.25) is 0 Å². The fourth-order valence-corrected chi connectivity index (χ4v) is 2.67. The lowest BCUT2D eigenvalue weighted by Gasteiger charge is -2.02. The summed E-state index contributed by atoms with van der Waals surface area (Å²) in [6, 6.07) is 8.40. The molecule has 0 aliphatic carbocycles. The molecule has 0 spiro atoms. The fraction of sp³-hybridized carbons (Fsp3) is 0.267. The Balaban J connectivity index is 2.26. The van der Waals surface area contributed by atoms with Crippen LogP contribution in [0, 0.1) is 6.92 Å². The van der Waals surface area contributed by atoms with Crippen molar-refractivity contribution in [3.8, 4) is 11.1 Å². The molecule has 2 N–H and O–H groups in total. The van der Waals surface area contributed by atoms with Gasteiger partial charge in [0.25, 0.3) is 0 Å². The number of hydrogen-bond donors (Lipinski definition) is 2. The van der Waals surface area contributed by atoms with E-state index in [1.165, 1.54) is 27.7 Å². The minimum atomic E-state index is 0.773. The summed E-state index contributed by atoms with van der Waals surface area (Å²) in [5.41, 5.74) is 5.90. The third-order valence-corrected chi connectivity index (χ3v) is 3.41. The second-order valence-electron chi connectivity index (χ2n) is 4.86. The maximum atomic E-state index is 4.54. The predicted molar refractivity (Wildman–Crippen MR) is 78.0 cm³/mol. The third kappa shape index (κ3) is 1.94. The summed E-state index contributed by atoms with van der Waals surface area (Å²) in [5, 5.41) is 8.98.